The molecule has 0 radical (unpaired) electrons. The first-order valence-corrected chi connectivity index (χ1v) is 4.30. The minimum atomic E-state index is -0.342. The molecule has 0 aliphatic carbocycles. The largest absolute Gasteiger partial charge is 0.500 e. The molecule has 0 spiro atoms. The van der Waals surface area contributed by atoms with E-state index in [0.29, 0.717) is 17.1 Å². The number of ether oxygens (including phenoxy) is 2. The molecule has 72 valence electrons. The fourth-order valence-electron chi connectivity index (χ4n) is 1.46. The van der Waals surface area contributed by atoms with Crippen LogP contribution in [0, 0.1) is 0 Å². The van der Waals surface area contributed by atoms with Crippen molar-refractivity contribution in [1.82, 2.24) is 0 Å². The molecule has 0 unspecified atom stereocenters. The number of hydrogen-bond acceptors (Lipinski definition) is 3. The Labute approximate surface area is 81.9 Å². The highest BCUT2D eigenvalue weighted by atomic mass is 16.5. The third kappa shape index (κ3) is 1.18. The van der Waals surface area contributed by atoms with Crippen LogP contribution in [0.15, 0.2) is 30.0 Å². The van der Waals surface area contributed by atoms with Crippen molar-refractivity contribution in [3.05, 3.63) is 35.6 Å². The van der Waals surface area contributed by atoms with Gasteiger partial charge >= 0.3 is 5.97 Å². The zero-order chi connectivity index (χ0) is 10.1. The van der Waals surface area contributed by atoms with Crippen LogP contribution >= 0.6 is 0 Å². The number of hydrogen-bond donors (Lipinski definition) is 0. The Bertz CT molecular complexity index is 418. The Morgan fingerprint density at radius 1 is 1.36 bits per heavy atom. The molecular formula is C11H10O3. The summed E-state index contributed by atoms with van der Waals surface area (Å²) in [6, 6.07) is 7.31. The van der Waals surface area contributed by atoms with E-state index in [0.717, 1.165) is 5.56 Å². The minimum Gasteiger partial charge on any atom is -0.500 e. The van der Waals surface area contributed by atoms with Gasteiger partial charge in [0, 0.05) is 5.56 Å². The van der Waals surface area contributed by atoms with Crippen LogP contribution in [0.4, 0.5) is 0 Å². The predicted molar refractivity (Wildman–Crippen MR) is 51.7 cm³/mol. The van der Waals surface area contributed by atoms with Gasteiger partial charge in [0.15, 0.2) is 0 Å². The maximum absolute atomic E-state index is 11.5. The third-order valence-corrected chi connectivity index (χ3v) is 2.22. The smallest absolute Gasteiger partial charge is 0.347 e. The van der Waals surface area contributed by atoms with Gasteiger partial charge in [0.05, 0.1) is 7.11 Å². The molecule has 0 saturated heterocycles. The number of benzene rings is 1. The lowest BCUT2D eigenvalue weighted by molar-refractivity contribution is -0.127. The molecule has 1 aliphatic heterocycles. The lowest BCUT2D eigenvalue weighted by Gasteiger charge is -2.01. The Balaban J connectivity index is 2.61. The summed E-state index contributed by atoms with van der Waals surface area (Å²) >= 11 is 0. The summed E-state index contributed by atoms with van der Waals surface area (Å²) in [6.07, 6.45) is 0. The topological polar surface area (TPSA) is 35.5 Å². The number of carbonyl (C=O) groups is 1. The van der Waals surface area contributed by atoms with Gasteiger partial charge in [0.25, 0.3) is 0 Å². The van der Waals surface area contributed by atoms with E-state index in [1.807, 2.05) is 18.2 Å². The second kappa shape index (κ2) is 3.18. The number of carbonyl (C=O) groups excluding carboxylic acids is 1. The SMILES string of the molecule is CO/C(C)=C1/C(=O)Oc2ccccc21. The summed E-state index contributed by atoms with van der Waals surface area (Å²) in [5, 5.41) is 0. The average molecular weight is 190 g/mol. The Morgan fingerprint density at radius 2 is 2.07 bits per heavy atom. The van der Waals surface area contributed by atoms with Gasteiger partial charge in [0.1, 0.15) is 17.1 Å². The molecule has 1 aliphatic rings. The number of allylic oxidation sites excluding steroid dienone is 1. The summed E-state index contributed by atoms with van der Waals surface area (Å²) in [5.74, 6) is 0.842. The monoisotopic (exact) mass is 190 g/mol. The van der Waals surface area contributed by atoms with E-state index in [1.54, 1.807) is 13.0 Å². The molecule has 14 heavy (non-hydrogen) atoms. The molecular weight excluding hydrogens is 180 g/mol. The molecule has 0 amide bonds. The first kappa shape index (κ1) is 8.81. The lowest BCUT2D eigenvalue weighted by Crippen LogP contribution is -2.03. The van der Waals surface area contributed by atoms with E-state index in [9.17, 15) is 4.79 Å². The van der Waals surface area contributed by atoms with Crippen molar-refractivity contribution in [3.8, 4) is 5.75 Å². The summed E-state index contributed by atoms with van der Waals surface area (Å²) < 4.78 is 10.1. The molecule has 1 aromatic carbocycles. The van der Waals surface area contributed by atoms with E-state index in [2.05, 4.69) is 0 Å². The van der Waals surface area contributed by atoms with Crippen molar-refractivity contribution in [2.75, 3.05) is 7.11 Å². The second-order valence-electron chi connectivity index (χ2n) is 3.02. The Morgan fingerprint density at radius 3 is 2.79 bits per heavy atom. The fourth-order valence-corrected chi connectivity index (χ4v) is 1.46. The molecule has 0 bridgehead atoms. The molecule has 0 saturated carbocycles. The zero-order valence-corrected chi connectivity index (χ0v) is 8.03. The number of para-hydroxylation sites is 1. The number of rotatable bonds is 1. The highest BCUT2D eigenvalue weighted by molar-refractivity contribution is 6.21. The van der Waals surface area contributed by atoms with Crippen molar-refractivity contribution >= 4 is 11.5 Å². The van der Waals surface area contributed by atoms with Gasteiger partial charge in [-0.05, 0) is 13.0 Å². The maximum Gasteiger partial charge on any atom is 0.347 e. The van der Waals surface area contributed by atoms with Gasteiger partial charge < -0.3 is 9.47 Å². The molecule has 1 heterocycles. The summed E-state index contributed by atoms with van der Waals surface area (Å²) in [7, 11) is 1.54. The van der Waals surface area contributed by atoms with E-state index < -0.39 is 0 Å². The van der Waals surface area contributed by atoms with E-state index >= 15 is 0 Å². The van der Waals surface area contributed by atoms with Gasteiger partial charge in [-0.3, -0.25) is 0 Å². The standard InChI is InChI=1S/C11H10O3/c1-7(13-2)10-8-5-3-4-6-9(8)14-11(10)12/h3-6H,1-2H3/b10-7+. The first-order chi connectivity index (χ1) is 6.74. The number of esters is 1. The Kier molecular flexibility index (Phi) is 2.00. The molecule has 2 rings (SSSR count). The maximum atomic E-state index is 11.5. The van der Waals surface area contributed by atoms with Gasteiger partial charge in [-0.2, -0.15) is 0 Å². The van der Waals surface area contributed by atoms with Crippen LogP contribution in [0.1, 0.15) is 12.5 Å². The zero-order valence-electron chi connectivity index (χ0n) is 8.03. The molecule has 0 N–H and O–H groups in total. The van der Waals surface area contributed by atoms with Crippen LogP contribution in [0.25, 0.3) is 5.57 Å². The van der Waals surface area contributed by atoms with Crippen molar-refractivity contribution in [2.45, 2.75) is 6.92 Å². The van der Waals surface area contributed by atoms with Crippen LogP contribution in [0.5, 0.6) is 5.75 Å². The predicted octanol–water partition coefficient (Wildman–Crippen LogP) is 1.98. The summed E-state index contributed by atoms with van der Waals surface area (Å²) in [5.41, 5.74) is 1.32. The first-order valence-electron chi connectivity index (χ1n) is 4.30. The van der Waals surface area contributed by atoms with E-state index in [4.69, 9.17) is 9.47 Å². The van der Waals surface area contributed by atoms with Crippen molar-refractivity contribution < 1.29 is 14.3 Å². The number of methoxy groups -OCH3 is 1. The van der Waals surface area contributed by atoms with Crippen LogP contribution in [0.2, 0.25) is 0 Å². The van der Waals surface area contributed by atoms with Gasteiger partial charge in [-0.25, -0.2) is 4.79 Å². The average Bonchev–Trinajstić information content (AvgIpc) is 2.53. The minimum absolute atomic E-state index is 0.342. The quantitative estimate of drug-likeness (QED) is 0.294. The highest BCUT2D eigenvalue weighted by Crippen LogP contribution is 2.35. The van der Waals surface area contributed by atoms with Crippen LogP contribution in [0.3, 0.4) is 0 Å². The van der Waals surface area contributed by atoms with E-state index in [-0.39, 0.29) is 5.97 Å². The lowest BCUT2D eigenvalue weighted by atomic mass is 10.1. The van der Waals surface area contributed by atoms with Crippen molar-refractivity contribution in [3.63, 3.8) is 0 Å². The van der Waals surface area contributed by atoms with Crippen LogP contribution < -0.4 is 4.74 Å². The van der Waals surface area contributed by atoms with Gasteiger partial charge in [-0.1, -0.05) is 18.2 Å². The Hall–Kier alpha value is -1.77. The van der Waals surface area contributed by atoms with Gasteiger partial charge in [-0.15, -0.1) is 0 Å². The summed E-state index contributed by atoms with van der Waals surface area (Å²) in [4.78, 5) is 11.5. The molecule has 3 nitrogen and oxygen atoms in total. The third-order valence-electron chi connectivity index (χ3n) is 2.22. The normalized spacial score (nSPS) is 17.4. The van der Waals surface area contributed by atoms with Gasteiger partial charge in [0.2, 0.25) is 0 Å². The molecule has 0 atom stereocenters. The molecule has 3 heteroatoms. The van der Waals surface area contributed by atoms with Crippen molar-refractivity contribution in [1.29, 1.82) is 0 Å². The number of fused-ring (bicyclic) bond motifs is 1. The summed E-state index contributed by atoms with van der Waals surface area (Å²) in [6.45, 7) is 1.75. The van der Waals surface area contributed by atoms with Crippen molar-refractivity contribution in [2.24, 2.45) is 0 Å². The highest BCUT2D eigenvalue weighted by Gasteiger charge is 2.28. The van der Waals surface area contributed by atoms with E-state index in [1.165, 1.54) is 7.11 Å². The van der Waals surface area contributed by atoms with Crippen LogP contribution in [-0.4, -0.2) is 13.1 Å². The molecule has 0 fully saturated rings. The molecule has 1 aromatic rings. The van der Waals surface area contributed by atoms with Crippen LogP contribution in [-0.2, 0) is 9.53 Å². The molecule has 0 aromatic heterocycles. The fraction of sp³-hybridized carbons (Fsp3) is 0.182. The second-order valence-corrected chi connectivity index (χ2v) is 3.02.